The fraction of sp³-hybridized carbons (Fsp3) is 0.333. The zero-order chi connectivity index (χ0) is 12.5. The van der Waals surface area contributed by atoms with Crippen molar-refractivity contribution in [1.82, 2.24) is 10.2 Å². The molecule has 10 heteroatoms. The van der Waals surface area contributed by atoms with Crippen LogP contribution in [0.3, 0.4) is 0 Å². The van der Waals surface area contributed by atoms with Crippen molar-refractivity contribution in [2.24, 2.45) is 0 Å². The van der Waals surface area contributed by atoms with Crippen molar-refractivity contribution in [1.29, 1.82) is 0 Å². The molecule has 0 spiro atoms. The van der Waals surface area contributed by atoms with E-state index in [0.29, 0.717) is 0 Å². The number of aromatic nitrogens is 2. The molecule has 0 radical (unpaired) electrons. The highest BCUT2D eigenvalue weighted by Gasteiger charge is 2.33. The van der Waals surface area contributed by atoms with Crippen molar-refractivity contribution in [3.63, 3.8) is 0 Å². The normalized spacial score (nSPS) is 11.3. The molecule has 0 amide bonds. The number of nitrogens with zero attached hydrogens (tertiary/aromatic N) is 2. The molecule has 88 valence electrons. The number of carboxylic acids is 1. The first-order valence-electron chi connectivity index (χ1n) is 3.89. The molecule has 1 aromatic heterocycles. The van der Waals surface area contributed by atoms with Gasteiger partial charge in [-0.3, -0.25) is 20.0 Å². The molecule has 2 N–H and O–H groups in total. The van der Waals surface area contributed by atoms with Crippen molar-refractivity contribution in [3.05, 3.63) is 15.8 Å². The number of hydrogen-bond acceptors (Lipinski definition) is 6. The number of hydrogen-bond donors (Lipinski definition) is 2. The van der Waals surface area contributed by atoms with Crippen molar-refractivity contribution in [2.75, 3.05) is 5.75 Å². The van der Waals surface area contributed by atoms with Crippen molar-refractivity contribution in [2.45, 2.75) is 11.9 Å². The molecule has 0 aliphatic carbocycles. The van der Waals surface area contributed by atoms with Gasteiger partial charge in [-0.2, -0.15) is 5.10 Å². The van der Waals surface area contributed by atoms with E-state index in [1.165, 1.54) is 6.92 Å². The molecular formula is C6H7N3O6S. The van der Waals surface area contributed by atoms with Gasteiger partial charge < -0.3 is 5.11 Å². The van der Waals surface area contributed by atoms with Gasteiger partial charge in [0.25, 0.3) is 5.03 Å². The van der Waals surface area contributed by atoms with Gasteiger partial charge in [-0.25, -0.2) is 8.42 Å². The Morgan fingerprint density at radius 2 is 2.19 bits per heavy atom. The number of rotatable bonds is 4. The SMILES string of the molecule is Cc1[nH]nc(S(=O)(=O)CC(=O)O)c1[N+](=O)[O-]. The van der Waals surface area contributed by atoms with Crippen molar-refractivity contribution in [3.8, 4) is 0 Å². The average molecular weight is 249 g/mol. The first kappa shape index (κ1) is 12.1. The molecule has 0 saturated carbocycles. The highest BCUT2D eigenvalue weighted by molar-refractivity contribution is 7.92. The Labute approximate surface area is 89.2 Å². The fourth-order valence-corrected chi connectivity index (χ4v) is 2.23. The Bertz CT molecular complexity index is 545. The standard InChI is InChI=1S/C6H7N3O6S/c1-3-5(9(12)13)6(8-7-3)16(14,15)2-4(10)11/h2H2,1H3,(H,7,8)(H,10,11). The molecule has 0 aliphatic rings. The minimum atomic E-state index is -4.30. The predicted molar refractivity (Wildman–Crippen MR) is 49.7 cm³/mol. The van der Waals surface area contributed by atoms with E-state index in [9.17, 15) is 23.3 Å². The van der Waals surface area contributed by atoms with E-state index < -0.39 is 37.2 Å². The lowest BCUT2D eigenvalue weighted by molar-refractivity contribution is -0.388. The summed E-state index contributed by atoms with van der Waals surface area (Å²) in [6.45, 7) is 1.27. The van der Waals surface area contributed by atoms with E-state index in [4.69, 9.17) is 5.11 Å². The maximum atomic E-state index is 11.4. The summed E-state index contributed by atoms with van der Waals surface area (Å²) in [4.78, 5) is 19.9. The minimum Gasteiger partial charge on any atom is -0.480 e. The Hall–Kier alpha value is -1.97. The van der Waals surface area contributed by atoms with Crippen LogP contribution in [0.4, 0.5) is 5.69 Å². The number of aliphatic carboxylic acids is 1. The van der Waals surface area contributed by atoms with Crippen LogP contribution in [0.15, 0.2) is 5.03 Å². The average Bonchev–Trinajstić information content (AvgIpc) is 2.44. The predicted octanol–water partition coefficient (Wildman–Crippen LogP) is -0.515. The van der Waals surface area contributed by atoms with E-state index in [2.05, 4.69) is 10.2 Å². The van der Waals surface area contributed by atoms with E-state index in [0.717, 1.165) is 0 Å². The number of carboxylic acid groups (broad SMARTS) is 1. The third-order valence-electron chi connectivity index (χ3n) is 1.67. The van der Waals surface area contributed by atoms with Crippen LogP contribution in [-0.4, -0.2) is 40.4 Å². The molecule has 0 fully saturated rings. The second-order valence-corrected chi connectivity index (χ2v) is 4.82. The second kappa shape index (κ2) is 3.89. The van der Waals surface area contributed by atoms with Gasteiger partial charge in [0.1, 0.15) is 5.69 Å². The quantitative estimate of drug-likeness (QED) is 0.539. The molecule has 1 heterocycles. The minimum absolute atomic E-state index is 0.0473. The first-order chi connectivity index (χ1) is 7.25. The second-order valence-electron chi connectivity index (χ2n) is 2.91. The molecule has 0 atom stereocenters. The van der Waals surface area contributed by atoms with Crippen LogP contribution < -0.4 is 0 Å². The monoisotopic (exact) mass is 249 g/mol. The fourth-order valence-electron chi connectivity index (χ4n) is 1.06. The third-order valence-corrected chi connectivity index (χ3v) is 3.17. The number of aryl methyl sites for hydroxylation is 1. The summed E-state index contributed by atoms with van der Waals surface area (Å²) in [5, 5.41) is 23.5. The highest BCUT2D eigenvalue weighted by atomic mass is 32.2. The van der Waals surface area contributed by atoms with Gasteiger partial charge >= 0.3 is 11.7 Å². The maximum absolute atomic E-state index is 11.4. The van der Waals surface area contributed by atoms with Gasteiger partial charge in [0.2, 0.25) is 9.84 Å². The number of nitrogens with one attached hydrogen (secondary N) is 1. The van der Waals surface area contributed by atoms with Crippen molar-refractivity contribution < 1.29 is 23.2 Å². The lowest BCUT2D eigenvalue weighted by atomic mass is 10.4. The molecule has 0 bridgehead atoms. The summed E-state index contributed by atoms with van der Waals surface area (Å²) in [6.07, 6.45) is 0. The van der Waals surface area contributed by atoms with Gasteiger partial charge in [-0.1, -0.05) is 0 Å². The number of aromatic amines is 1. The zero-order valence-electron chi connectivity index (χ0n) is 8.00. The summed E-state index contributed by atoms with van der Waals surface area (Å²) in [7, 11) is -4.30. The molecule has 0 aliphatic heterocycles. The highest BCUT2D eigenvalue weighted by Crippen LogP contribution is 2.25. The number of nitro groups is 1. The summed E-state index contributed by atoms with van der Waals surface area (Å²) in [5.74, 6) is -2.84. The van der Waals surface area contributed by atoms with Crippen LogP contribution in [0.5, 0.6) is 0 Å². The molecule has 0 saturated heterocycles. The van der Waals surface area contributed by atoms with Crippen LogP contribution in [0.25, 0.3) is 0 Å². The van der Waals surface area contributed by atoms with E-state index in [-0.39, 0.29) is 5.69 Å². The van der Waals surface area contributed by atoms with Gasteiger partial charge in [0.15, 0.2) is 5.75 Å². The molecule has 0 unspecified atom stereocenters. The Kier molecular flexibility index (Phi) is 2.94. The maximum Gasteiger partial charge on any atom is 0.328 e. The smallest absolute Gasteiger partial charge is 0.328 e. The van der Waals surface area contributed by atoms with Gasteiger partial charge in [0.05, 0.1) is 4.92 Å². The number of sulfone groups is 1. The van der Waals surface area contributed by atoms with Crippen molar-refractivity contribution >= 4 is 21.5 Å². The summed E-state index contributed by atoms with van der Waals surface area (Å²) >= 11 is 0. The molecular weight excluding hydrogens is 242 g/mol. The first-order valence-corrected chi connectivity index (χ1v) is 5.55. The number of carbonyl (C=O) groups is 1. The zero-order valence-corrected chi connectivity index (χ0v) is 8.81. The van der Waals surface area contributed by atoms with Gasteiger partial charge in [-0.15, -0.1) is 0 Å². The van der Waals surface area contributed by atoms with Crippen LogP contribution >= 0.6 is 0 Å². The Morgan fingerprint density at radius 1 is 1.62 bits per heavy atom. The van der Waals surface area contributed by atoms with E-state index in [1.807, 2.05) is 0 Å². The molecule has 0 aromatic carbocycles. The summed E-state index contributed by atoms with van der Waals surface area (Å²) < 4.78 is 22.8. The lowest BCUT2D eigenvalue weighted by Crippen LogP contribution is -2.16. The van der Waals surface area contributed by atoms with Gasteiger partial charge in [0, 0.05) is 0 Å². The van der Waals surface area contributed by atoms with Crippen LogP contribution in [-0.2, 0) is 14.6 Å². The third kappa shape index (κ3) is 2.16. The van der Waals surface area contributed by atoms with Crippen LogP contribution in [0.1, 0.15) is 5.69 Å². The van der Waals surface area contributed by atoms with Gasteiger partial charge in [-0.05, 0) is 6.92 Å². The molecule has 9 nitrogen and oxygen atoms in total. The van der Waals surface area contributed by atoms with E-state index >= 15 is 0 Å². The molecule has 1 aromatic rings. The lowest BCUT2D eigenvalue weighted by Gasteiger charge is -1.96. The Morgan fingerprint density at radius 3 is 2.62 bits per heavy atom. The Balaban J connectivity index is 3.34. The molecule has 16 heavy (non-hydrogen) atoms. The summed E-state index contributed by atoms with van der Waals surface area (Å²) in [6, 6.07) is 0. The topological polar surface area (TPSA) is 143 Å². The van der Waals surface area contributed by atoms with Crippen LogP contribution in [0, 0.1) is 17.0 Å². The van der Waals surface area contributed by atoms with Crippen LogP contribution in [0.2, 0.25) is 0 Å². The van der Waals surface area contributed by atoms with E-state index in [1.54, 1.807) is 0 Å². The largest absolute Gasteiger partial charge is 0.480 e. The summed E-state index contributed by atoms with van der Waals surface area (Å²) in [5.41, 5.74) is -0.768. The number of H-pyrrole nitrogens is 1. The molecule has 1 rings (SSSR count).